The van der Waals surface area contributed by atoms with Crippen molar-refractivity contribution in [2.45, 2.75) is 19.8 Å². The van der Waals surface area contributed by atoms with Gasteiger partial charge in [-0.2, -0.15) is 0 Å². The molecule has 7 nitrogen and oxygen atoms in total. The molecule has 0 aliphatic carbocycles. The van der Waals surface area contributed by atoms with Gasteiger partial charge in [-0.3, -0.25) is 14.4 Å². The van der Waals surface area contributed by atoms with Crippen molar-refractivity contribution in [3.8, 4) is 16.9 Å². The quantitative estimate of drug-likeness (QED) is 0.169. The van der Waals surface area contributed by atoms with E-state index in [9.17, 15) is 19.5 Å². The number of benzene rings is 2. The van der Waals surface area contributed by atoms with Crippen LogP contribution in [0, 0.1) is 11.8 Å². The predicted molar refractivity (Wildman–Crippen MR) is 133 cm³/mol. The summed E-state index contributed by atoms with van der Waals surface area (Å²) in [6, 6.07) is 14.0. The number of carbonyl (C=O) groups is 3. The first-order chi connectivity index (χ1) is 16.7. The number of rotatable bonds is 15. The number of Topliss-reactive ketones (excluding diaryl/α,β-unsaturated/α-hetero) is 3. The van der Waals surface area contributed by atoms with Crippen LogP contribution in [0.3, 0.4) is 0 Å². The van der Waals surface area contributed by atoms with Crippen molar-refractivity contribution >= 4 is 17.3 Å². The molecule has 0 spiro atoms. The molecule has 0 fully saturated rings. The van der Waals surface area contributed by atoms with Gasteiger partial charge in [-0.1, -0.05) is 56.5 Å². The first-order valence-electron chi connectivity index (χ1n) is 11.4. The molecule has 2 aromatic rings. The Hall–Kier alpha value is -3.55. The summed E-state index contributed by atoms with van der Waals surface area (Å²) in [4.78, 5) is 39.0. The van der Waals surface area contributed by atoms with Gasteiger partial charge in [0.05, 0.1) is 6.61 Å². The Kier molecular flexibility index (Phi) is 10.6. The van der Waals surface area contributed by atoms with Gasteiger partial charge in [0.25, 0.3) is 0 Å². The second-order valence-corrected chi connectivity index (χ2v) is 8.06. The van der Waals surface area contributed by atoms with E-state index in [0.29, 0.717) is 25.2 Å². The molecule has 35 heavy (non-hydrogen) atoms. The predicted octanol–water partition coefficient (Wildman–Crippen LogP) is 4.35. The van der Waals surface area contributed by atoms with Crippen LogP contribution >= 0.6 is 0 Å². The molecule has 2 atom stereocenters. The van der Waals surface area contributed by atoms with E-state index in [1.165, 1.54) is 7.11 Å². The van der Waals surface area contributed by atoms with Crippen LogP contribution < -0.4 is 4.74 Å². The van der Waals surface area contributed by atoms with Crippen molar-refractivity contribution in [2.75, 3.05) is 26.9 Å². The van der Waals surface area contributed by atoms with Crippen LogP contribution in [0.4, 0.5) is 0 Å². The summed E-state index contributed by atoms with van der Waals surface area (Å²) in [6.07, 6.45) is 0.831. The molecule has 0 heterocycles. The highest BCUT2D eigenvalue weighted by Crippen LogP contribution is 2.27. The minimum atomic E-state index is -1.51. The van der Waals surface area contributed by atoms with Crippen LogP contribution in [0.25, 0.3) is 11.1 Å². The molecular formula is C28H32O7. The lowest BCUT2D eigenvalue weighted by atomic mass is 9.79. The molecule has 7 heteroatoms. The van der Waals surface area contributed by atoms with E-state index in [0.717, 1.165) is 11.1 Å². The van der Waals surface area contributed by atoms with E-state index in [-0.39, 0.29) is 24.4 Å². The third-order valence-corrected chi connectivity index (χ3v) is 5.73. The Bertz CT molecular complexity index is 1050. The fraction of sp³-hybridized carbons (Fsp3) is 0.321. The summed E-state index contributed by atoms with van der Waals surface area (Å²) in [5.74, 6) is -4.16. The Morgan fingerprint density at radius 2 is 1.51 bits per heavy atom. The van der Waals surface area contributed by atoms with Gasteiger partial charge in [0.2, 0.25) is 5.78 Å². The molecule has 2 aromatic carbocycles. The summed E-state index contributed by atoms with van der Waals surface area (Å²) in [6.45, 7) is 9.27. The van der Waals surface area contributed by atoms with E-state index in [4.69, 9.17) is 14.6 Å². The fourth-order valence-corrected chi connectivity index (χ4v) is 3.71. The normalized spacial score (nSPS) is 12.4. The van der Waals surface area contributed by atoms with E-state index < -0.39 is 34.9 Å². The number of hydrogen-bond donors (Lipinski definition) is 2. The lowest BCUT2D eigenvalue weighted by Gasteiger charge is -2.21. The Morgan fingerprint density at radius 3 is 2.00 bits per heavy atom. The molecule has 2 rings (SSSR count). The molecule has 0 saturated carbocycles. The molecule has 0 amide bonds. The van der Waals surface area contributed by atoms with Crippen LogP contribution in [0.2, 0.25) is 0 Å². The number of allylic oxidation sites excluding steroid dienone is 2. The third kappa shape index (κ3) is 7.21. The van der Waals surface area contributed by atoms with Crippen molar-refractivity contribution in [2.24, 2.45) is 11.8 Å². The van der Waals surface area contributed by atoms with Crippen LogP contribution in [-0.2, 0) is 14.3 Å². The zero-order chi connectivity index (χ0) is 26.0. The maximum atomic E-state index is 13.2. The summed E-state index contributed by atoms with van der Waals surface area (Å²) < 4.78 is 10.4. The number of ether oxygens (including phenoxy) is 2. The lowest BCUT2D eigenvalue weighted by molar-refractivity contribution is -0.133. The Morgan fingerprint density at radius 1 is 0.943 bits per heavy atom. The average molecular weight is 481 g/mol. The van der Waals surface area contributed by atoms with Gasteiger partial charge in [0.15, 0.2) is 17.3 Å². The molecule has 2 N–H and O–H groups in total. The molecule has 0 radical (unpaired) electrons. The first kappa shape index (κ1) is 27.7. The summed E-state index contributed by atoms with van der Waals surface area (Å²) in [7, 11) is 1.51. The highest BCUT2D eigenvalue weighted by Gasteiger charge is 2.37. The van der Waals surface area contributed by atoms with E-state index in [1.807, 2.05) is 19.1 Å². The van der Waals surface area contributed by atoms with Gasteiger partial charge in [-0.15, -0.1) is 0 Å². The van der Waals surface area contributed by atoms with Gasteiger partial charge >= 0.3 is 0 Å². The second kappa shape index (κ2) is 13.4. The standard InChI is InChI=1S/C28H32O7/c1-5-20(14-16-34-4)28(33)25(27(32)19(3)30)18(2)26(31)23-8-6-21(7-9-23)22-10-12-24(13-11-22)35-17-15-29/h6-13,20,25,29-30H,2-3,5,14-17H2,1,4H3/t20-,25?/m1/s1. The highest BCUT2D eigenvalue weighted by molar-refractivity contribution is 6.21. The van der Waals surface area contributed by atoms with E-state index in [2.05, 4.69) is 13.2 Å². The molecule has 0 saturated heterocycles. The largest absolute Gasteiger partial charge is 0.505 e. The number of hydrogen-bond acceptors (Lipinski definition) is 7. The smallest absolute Gasteiger partial charge is 0.211 e. The Balaban J connectivity index is 2.25. The Labute approximate surface area is 205 Å². The molecule has 0 bridgehead atoms. The first-order valence-corrected chi connectivity index (χ1v) is 11.4. The number of aliphatic hydroxyl groups is 2. The van der Waals surface area contributed by atoms with Crippen LogP contribution in [0.5, 0.6) is 5.75 Å². The molecular weight excluding hydrogens is 448 g/mol. The van der Waals surface area contributed by atoms with Gasteiger partial charge < -0.3 is 19.7 Å². The zero-order valence-corrected chi connectivity index (χ0v) is 20.2. The van der Waals surface area contributed by atoms with Crippen molar-refractivity contribution in [1.82, 2.24) is 0 Å². The van der Waals surface area contributed by atoms with E-state index >= 15 is 0 Å². The maximum Gasteiger partial charge on any atom is 0.211 e. The molecule has 0 aliphatic rings. The van der Waals surface area contributed by atoms with Crippen molar-refractivity contribution in [3.05, 3.63) is 78.6 Å². The minimum absolute atomic E-state index is 0.0702. The molecule has 1 unspecified atom stereocenters. The zero-order valence-electron chi connectivity index (χ0n) is 20.2. The van der Waals surface area contributed by atoms with E-state index in [1.54, 1.807) is 36.4 Å². The van der Waals surface area contributed by atoms with Gasteiger partial charge in [0.1, 0.15) is 18.3 Å². The minimum Gasteiger partial charge on any atom is -0.505 e. The van der Waals surface area contributed by atoms with Crippen molar-refractivity contribution in [1.29, 1.82) is 0 Å². The van der Waals surface area contributed by atoms with Crippen molar-refractivity contribution in [3.63, 3.8) is 0 Å². The average Bonchev–Trinajstić information content (AvgIpc) is 2.87. The summed E-state index contributed by atoms with van der Waals surface area (Å²) in [5, 5.41) is 18.6. The third-order valence-electron chi connectivity index (χ3n) is 5.73. The maximum absolute atomic E-state index is 13.2. The summed E-state index contributed by atoms with van der Waals surface area (Å²) >= 11 is 0. The SMILES string of the molecule is C=C(O)C(=O)C(C(=C)C(=O)c1ccc(-c2ccc(OCCO)cc2)cc1)C(=O)[C@H](CC)CCOC. The summed E-state index contributed by atoms with van der Waals surface area (Å²) in [5.41, 5.74) is 1.80. The highest BCUT2D eigenvalue weighted by atomic mass is 16.5. The van der Waals surface area contributed by atoms with Crippen molar-refractivity contribution < 1.29 is 34.1 Å². The number of aliphatic hydroxyl groups excluding tert-OH is 2. The molecule has 186 valence electrons. The lowest BCUT2D eigenvalue weighted by Crippen LogP contribution is -2.34. The molecule has 0 aliphatic heterocycles. The topological polar surface area (TPSA) is 110 Å². The fourth-order valence-electron chi connectivity index (χ4n) is 3.71. The van der Waals surface area contributed by atoms with Crippen LogP contribution in [0.15, 0.2) is 73.0 Å². The second-order valence-electron chi connectivity index (χ2n) is 8.06. The monoisotopic (exact) mass is 480 g/mol. The van der Waals surface area contributed by atoms with Crippen LogP contribution in [0.1, 0.15) is 30.1 Å². The number of ketones is 3. The van der Waals surface area contributed by atoms with Gasteiger partial charge in [0, 0.05) is 30.8 Å². The van der Waals surface area contributed by atoms with Crippen LogP contribution in [-0.4, -0.2) is 54.5 Å². The van der Waals surface area contributed by atoms with Gasteiger partial charge in [-0.05, 0) is 36.1 Å². The van der Waals surface area contributed by atoms with Gasteiger partial charge in [-0.25, -0.2) is 0 Å². The molecule has 0 aromatic heterocycles. The number of carbonyl (C=O) groups excluding carboxylic acids is 3. The number of methoxy groups -OCH3 is 1.